The van der Waals surface area contributed by atoms with Crippen LogP contribution in [0.25, 0.3) is 0 Å². The molecule has 0 saturated heterocycles. The van der Waals surface area contributed by atoms with Gasteiger partial charge >= 0.3 is 12.1 Å². The van der Waals surface area contributed by atoms with Crippen LogP contribution in [-0.4, -0.2) is 28.8 Å². The summed E-state index contributed by atoms with van der Waals surface area (Å²) < 4.78 is 5.04. The molecule has 6 heteroatoms. The van der Waals surface area contributed by atoms with Crippen molar-refractivity contribution >= 4 is 23.7 Å². The first-order chi connectivity index (χ1) is 9.17. The van der Waals surface area contributed by atoms with Gasteiger partial charge < -0.3 is 15.2 Å². The molecule has 1 aromatic rings. The third kappa shape index (κ3) is 5.93. The highest BCUT2D eigenvalue weighted by molar-refractivity contribution is 6.30. The molecule has 0 radical (unpaired) electrons. The van der Waals surface area contributed by atoms with E-state index in [-0.39, 0.29) is 6.42 Å². The van der Waals surface area contributed by atoms with Crippen molar-refractivity contribution in [2.75, 3.05) is 0 Å². The van der Waals surface area contributed by atoms with Crippen LogP contribution in [0.15, 0.2) is 24.3 Å². The molecular weight excluding hydrogens is 282 g/mol. The minimum atomic E-state index is -1.13. The zero-order valence-electron chi connectivity index (χ0n) is 11.6. The van der Waals surface area contributed by atoms with Crippen LogP contribution in [-0.2, 0) is 16.0 Å². The number of carboxylic acid groups (broad SMARTS) is 1. The summed E-state index contributed by atoms with van der Waals surface area (Å²) in [5, 5.41) is 12.0. The van der Waals surface area contributed by atoms with Gasteiger partial charge in [-0.1, -0.05) is 23.7 Å². The maximum Gasteiger partial charge on any atom is 0.408 e. The number of rotatable bonds is 4. The lowest BCUT2D eigenvalue weighted by Gasteiger charge is -2.22. The number of nitrogens with one attached hydrogen (secondary N) is 1. The summed E-state index contributed by atoms with van der Waals surface area (Å²) in [6, 6.07) is 5.77. The van der Waals surface area contributed by atoms with Crippen molar-refractivity contribution in [3.8, 4) is 0 Å². The highest BCUT2D eigenvalue weighted by atomic mass is 35.5. The third-order valence-corrected chi connectivity index (χ3v) is 2.55. The fraction of sp³-hybridized carbons (Fsp3) is 0.429. The zero-order chi connectivity index (χ0) is 15.3. The predicted octanol–water partition coefficient (Wildman–Crippen LogP) is 2.86. The summed E-state index contributed by atoms with van der Waals surface area (Å²) in [4.78, 5) is 22.8. The number of carbonyl (C=O) groups excluding carboxylic acids is 1. The van der Waals surface area contributed by atoms with Crippen LogP contribution in [0.3, 0.4) is 0 Å². The molecular formula is C14H18ClNO4. The molecule has 0 aromatic heterocycles. The molecule has 0 saturated carbocycles. The van der Waals surface area contributed by atoms with Gasteiger partial charge in [-0.3, -0.25) is 0 Å². The van der Waals surface area contributed by atoms with Crippen molar-refractivity contribution < 1.29 is 19.4 Å². The number of carboxylic acids is 1. The first-order valence-corrected chi connectivity index (χ1v) is 6.52. The summed E-state index contributed by atoms with van der Waals surface area (Å²) >= 11 is 5.84. The molecule has 5 nitrogen and oxygen atoms in total. The topological polar surface area (TPSA) is 75.6 Å². The standard InChI is InChI=1S/C14H18ClNO4/c1-14(2,3)20-13(19)16-11(12(17)18)8-9-5-4-6-10(15)7-9/h4-7,11H,8H2,1-3H3,(H,16,19)(H,17,18)/t11-/m0/s1. The molecule has 0 aliphatic heterocycles. The Morgan fingerprint density at radius 1 is 1.40 bits per heavy atom. The molecule has 0 unspecified atom stereocenters. The lowest BCUT2D eigenvalue weighted by atomic mass is 10.1. The fourth-order valence-electron chi connectivity index (χ4n) is 1.55. The number of hydrogen-bond donors (Lipinski definition) is 2. The first kappa shape index (κ1) is 16.3. The van der Waals surface area contributed by atoms with E-state index < -0.39 is 23.7 Å². The summed E-state index contributed by atoms with van der Waals surface area (Å²) in [5.41, 5.74) is 0.0457. The molecule has 110 valence electrons. The maximum atomic E-state index is 11.6. The van der Waals surface area contributed by atoms with Crippen LogP contribution < -0.4 is 5.32 Å². The van der Waals surface area contributed by atoms with E-state index in [9.17, 15) is 9.59 Å². The highest BCUT2D eigenvalue weighted by Gasteiger charge is 2.24. The minimum Gasteiger partial charge on any atom is -0.480 e. The number of aliphatic carboxylic acids is 1. The molecule has 20 heavy (non-hydrogen) atoms. The van der Waals surface area contributed by atoms with E-state index in [2.05, 4.69) is 5.32 Å². The SMILES string of the molecule is CC(C)(C)OC(=O)N[C@@H](Cc1cccc(Cl)c1)C(=O)O. The second-order valence-corrected chi connectivity index (χ2v) is 5.81. The van der Waals surface area contributed by atoms with Gasteiger partial charge in [0.15, 0.2) is 0 Å². The van der Waals surface area contributed by atoms with E-state index in [1.807, 2.05) is 0 Å². The number of ether oxygens (including phenoxy) is 1. The molecule has 1 aromatic carbocycles. The molecule has 0 heterocycles. The van der Waals surface area contributed by atoms with Gasteiger partial charge in [0, 0.05) is 11.4 Å². The largest absolute Gasteiger partial charge is 0.480 e. The number of halogens is 1. The van der Waals surface area contributed by atoms with E-state index in [0.29, 0.717) is 5.02 Å². The summed E-state index contributed by atoms with van der Waals surface area (Å²) in [5.74, 6) is -1.13. The molecule has 1 rings (SSSR count). The quantitative estimate of drug-likeness (QED) is 0.896. The lowest BCUT2D eigenvalue weighted by Crippen LogP contribution is -2.44. The molecule has 0 bridgehead atoms. The van der Waals surface area contributed by atoms with Crippen LogP contribution in [0.1, 0.15) is 26.3 Å². The smallest absolute Gasteiger partial charge is 0.408 e. The van der Waals surface area contributed by atoms with Gasteiger partial charge in [-0.05, 0) is 38.5 Å². The van der Waals surface area contributed by atoms with Crippen molar-refractivity contribution in [1.82, 2.24) is 5.32 Å². The molecule has 2 N–H and O–H groups in total. The van der Waals surface area contributed by atoms with Gasteiger partial charge in [0.05, 0.1) is 0 Å². The van der Waals surface area contributed by atoms with Crippen molar-refractivity contribution in [3.05, 3.63) is 34.9 Å². The van der Waals surface area contributed by atoms with Crippen molar-refractivity contribution in [2.45, 2.75) is 38.8 Å². The Morgan fingerprint density at radius 2 is 2.05 bits per heavy atom. The Balaban J connectivity index is 2.71. The number of carbonyl (C=O) groups is 2. The van der Waals surface area contributed by atoms with Crippen LogP contribution in [0, 0.1) is 0 Å². The van der Waals surface area contributed by atoms with Crippen LogP contribution in [0.5, 0.6) is 0 Å². The molecule has 1 amide bonds. The Hall–Kier alpha value is -1.75. The van der Waals surface area contributed by atoms with E-state index in [1.54, 1.807) is 45.0 Å². The number of amides is 1. The Morgan fingerprint density at radius 3 is 2.55 bits per heavy atom. The maximum absolute atomic E-state index is 11.6. The zero-order valence-corrected chi connectivity index (χ0v) is 12.4. The molecule has 0 aliphatic carbocycles. The van der Waals surface area contributed by atoms with Gasteiger partial charge in [-0.25, -0.2) is 9.59 Å². The third-order valence-electron chi connectivity index (χ3n) is 2.32. The fourth-order valence-corrected chi connectivity index (χ4v) is 1.76. The van der Waals surface area contributed by atoms with Crippen LogP contribution in [0.2, 0.25) is 5.02 Å². The molecule has 0 fully saturated rings. The first-order valence-electron chi connectivity index (χ1n) is 6.14. The second kappa shape index (κ2) is 6.61. The Labute approximate surface area is 122 Å². The minimum absolute atomic E-state index is 0.134. The van der Waals surface area contributed by atoms with Gasteiger partial charge in [0.1, 0.15) is 11.6 Å². The van der Waals surface area contributed by atoms with Gasteiger partial charge in [-0.2, -0.15) is 0 Å². The molecule has 0 spiro atoms. The van der Waals surface area contributed by atoms with E-state index in [4.69, 9.17) is 21.4 Å². The second-order valence-electron chi connectivity index (χ2n) is 5.37. The van der Waals surface area contributed by atoms with Gasteiger partial charge in [0.2, 0.25) is 0 Å². The van der Waals surface area contributed by atoms with E-state index in [0.717, 1.165) is 5.56 Å². The lowest BCUT2D eigenvalue weighted by molar-refractivity contribution is -0.139. The Bertz CT molecular complexity index is 496. The summed E-state index contributed by atoms with van der Waals surface area (Å²) in [7, 11) is 0. The van der Waals surface area contributed by atoms with Crippen molar-refractivity contribution in [3.63, 3.8) is 0 Å². The summed E-state index contributed by atoms with van der Waals surface area (Å²) in [6.07, 6.45) is -0.623. The number of hydrogen-bond acceptors (Lipinski definition) is 3. The monoisotopic (exact) mass is 299 g/mol. The average molecular weight is 300 g/mol. The Kier molecular flexibility index (Phi) is 5.39. The highest BCUT2D eigenvalue weighted by Crippen LogP contribution is 2.13. The van der Waals surface area contributed by atoms with Crippen LogP contribution in [0.4, 0.5) is 4.79 Å². The van der Waals surface area contributed by atoms with E-state index in [1.165, 1.54) is 0 Å². The predicted molar refractivity (Wildman–Crippen MR) is 75.9 cm³/mol. The van der Waals surface area contributed by atoms with Crippen molar-refractivity contribution in [2.24, 2.45) is 0 Å². The van der Waals surface area contributed by atoms with Crippen molar-refractivity contribution in [1.29, 1.82) is 0 Å². The molecule has 0 aliphatic rings. The van der Waals surface area contributed by atoms with Crippen LogP contribution >= 0.6 is 11.6 Å². The van der Waals surface area contributed by atoms with Gasteiger partial charge in [0.25, 0.3) is 0 Å². The number of benzene rings is 1. The van der Waals surface area contributed by atoms with Gasteiger partial charge in [-0.15, -0.1) is 0 Å². The normalized spacial score (nSPS) is 12.6. The molecule has 1 atom stereocenters. The average Bonchev–Trinajstić information content (AvgIpc) is 2.25. The summed E-state index contributed by atoms with van der Waals surface area (Å²) in [6.45, 7) is 5.12. The number of alkyl carbamates (subject to hydrolysis) is 1. The van der Waals surface area contributed by atoms with E-state index >= 15 is 0 Å².